The summed E-state index contributed by atoms with van der Waals surface area (Å²) in [6.45, 7) is 4.11. The third-order valence-electron chi connectivity index (χ3n) is 3.32. The third kappa shape index (κ3) is 2.71. The Morgan fingerprint density at radius 2 is 1.63 bits per heavy atom. The minimum absolute atomic E-state index is 0. The SMILES string of the molecule is CCn1c[n+](Cc2ccccc2)c2ccccc21.[Br-]. The van der Waals surface area contributed by atoms with E-state index in [1.54, 1.807) is 0 Å². The number of halogens is 1. The summed E-state index contributed by atoms with van der Waals surface area (Å²) in [7, 11) is 0. The second-order valence-electron chi connectivity index (χ2n) is 4.50. The standard InChI is InChI=1S/C16H17N2.BrH/c1-2-17-13-18(12-14-8-4-3-5-9-14)16-11-7-6-10-15(16)17;/h3-11,13H,2,12H2,1H3;1H/q+1;/p-1. The summed E-state index contributed by atoms with van der Waals surface area (Å²) >= 11 is 0. The van der Waals surface area contributed by atoms with Crippen molar-refractivity contribution in [3.05, 3.63) is 66.5 Å². The van der Waals surface area contributed by atoms with Crippen LogP contribution in [-0.2, 0) is 13.1 Å². The first-order chi connectivity index (χ1) is 8.88. The van der Waals surface area contributed by atoms with Gasteiger partial charge in [0, 0.05) is 0 Å². The van der Waals surface area contributed by atoms with Gasteiger partial charge in [0.1, 0.15) is 6.54 Å². The molecule has 0 N–H and O–H groups in total. The van der Waals surface area contributed by atoms with Crippen LogP contribution in [0.1, 0.15) is 12.5 Å². The average molecular weight is 317 g/mol. The van der Waals surface area contributed by atoms with Crippen LogP contribution < -0.4 is 21.5 Å². The van der Waals surface area contributed by atoms with Crippen molar-refractivity contribution in [2.24, 2.45) is 0 Å². The van der Waals surface area contributed by atoms with E-state index >= 15 is 0 Å². The zero-order chi connectivity index (χ0) is 12.4. The quantitative estimate of drug-likeness (QED) is 0.602. The molecule has 3 rings (SSSR count). The van der Waals surface area contributed by atoms with E-state index in [1.165, 1.54) is 16.6 Å². The van der Waals surface area contributed by atoms with Crippen LogP contribution >= 0.6 is 0 Å². The lowest BCUT2D eigenvalue weighted by Crippen LogP contribution is -3.00. The van der Waals surface area contributed by atoms with Crippen LogP contribution in [0.2, 0.25) is 0 Å². The van der Waals surface area contributed by atoms with Crippen molar-refractivity contribution < 1.29 is 21.5 Å². The molecular weight excluding hydrogens is 300 g/mol. The van der Waals surface area contributed by atoms with Crippen LogP contribution in [0.4, 0.5) is 0 Å². The van der Waals surface area contributed by atoms with Crippen LogP contribution in [0.25, 0.3) is 11.0 Å². The molecule has 0 aliphatic heterocycles. The second-order valence-corrected chi connectivity index (χ2v) is 4.50. The molecule has 0 amide bonds. The van der Waals surface area contributed by atoms with Gasteiger partial charge in [-0.2, -0.15) is 0 Å². The molecule has 0 atom stereocenters. The molecule has 98 valence electrons. The molecule has 3 heteroatoms. The number of rotatable bonds is 3. The van der Waals surface area contributed by atoms with Crippen molar-refractivity contribution >= 4 is 11.0 Å². The Hall–Kier alpha value is -1.61. The predicted octanol–water partition coefficient (Wildman–Crippen LogP) is 0.00100. The van der Waals surface area contributed by atoms with Gasteiger partial charge in [0.2, 0.25) is 6.33 Å². The van der Waals surface area contributed by atoms with Gasteiger partial charge in [-0.25, -0.2) is 9.13 Å². The van der Waals surface area contributed by atoms with Crippen molar-refractivity contribution in [3.8, 4) is 0 Å². The fourth-order valence-corrected chi connectivity index (χ4v) is 2.40. The average Bonchev–Trinajstić information content (AvgIpc) is 2.78. The maximum absolute atomic E-state index is 2.31. The molecule has 0 bridgehead atoms. The number of imidazole rings is 1. The number of hydrogen-bond acceptors (Lipinski definition) is 0. The van der Waals surface area contributed by atoms with Gasteiger partial charge in [-0.05, 0) is 24.6 Å². The van der Waals surface area contributed by atoms with E-state index in [0.29, 0.717) is 0 Å². The summed E-state index contributed by atoms with van der Waals surface area (Å²) in [5.41, 5.74) is 3.93. The molecule has 0 aliphatic rings. The van der Waals surface area contributed by atoms with Crippen molar-refractivity contribution in [1.82, 2.24) is 4.57 Å². The minimum Gasteiger partial charge on any atom is -1.00 e. The molecule has 0 fully saturated rings. The zero-order valence-corrected chi connectivity index (χ0v) is 12.5. The molecule has 0 saturated heterocycles. The topological polar surface area (TPSA) is 8.81 Å². The van der Waals surface area contributed by atoms with Gasteiger partial charge in [-0.3, -0.25) is 0 Å². The molecule has 0 aliphatic carbocycles. The van der Waals surface area contributed by atoms with Gasteiger partial charge < -0.3 is 17.0 Å². The summed E-state index contributed by atoms with van der Waals surface area (Å²) in [6.07, 6.45) is 2.21. The maximum atomic E-state index is 2.31. The van der Waals surface area contributed by atoms with E-state index < -0.39 is 0 Å². The Morgan fingerprint density at radius 3 is 2.37 bits per heavy atom. The molecule has 3 aromatic rings. The van der Waals surface area contributed by atoms with Gasteiger partial charge in [0.05, 0.1) is 6.54 Å². The van der Waals surface area contributed by atoms with Gasteiger partial charge >= 0.3 is 0 Å². The molecule has 1 heterocycles. The number of nitrogens with zero attached hydrogens (tertiary/aromatic N) is 2. The third-order valence-corrected chi connectivity index (χ3v) is 3.32. The van der Waals surface area contributed by atoms with E-state index in [0.717, 1.165) is 13.1 Å². The number of para-hydroxylation sites is 2. The summed E-state index contributed by atoms with van der Waals surface area (Å²) < 4.78 is 4.60. The van der Waals surface area contributed by atoms with Crippen LogP contribution in [0.15, 0.2) is 60.9 Å². The van der Waals surface area contributed by atoms with Crippen molar-refractivity contribution in [2.45, 2.75) is 20.0 Å². The summed E-state index contributed by atoms with van der Waals surface area (Å²) in [4.78, 5) is 0. The number of aryl methyl sites for hydroxylation is 1. The lowest BCUT2D eigenvalue weighted by molar-refractivity contribution is -0.663. The number of hydrogen-bond donors (Lipinski definition) is 0. The van der Waals surface area contributed by atoms with Crippen molar-refractivity contribution in [3.63, 3.8) is 0 Å². The largest absolute Gasteiger partial charge is 1.00 e. The highest BCUT2D eigenvalue weighted by atomic mass is 79.9. The highest BCUT2D eigenvalue weighted by Gasteiger charge is 2.13. The zero-order valence-electron chi connectivity index (χ0n) is 11.0. The van der Waals surface area contributed by atoms with Crippen LogP contribution in [-0.4, -0.2) is 4.57 Å². The lowest BCUT2D eigenvalue weighted by Gasteiger charge is -1.97. The summed E-state index contributed by atoms with van der Waals surface area (Å²) in [6, 6.07) is 19.2. The summed E-state index contributed by atoms with van der Waals surface area (Å²) in [5.74, 6) is 0. The number of aromatic nitrogens is 2. The van der Waals surface area contributed by atoms with Gasteiger partial charge in [-0.15, -0.1) is 0 Å². The summed E-state index contributed by atoms with van der Waals surface area (Å²) in [5, 5.41) is 0. The molecular formula is C16H17BrN2. The maximum Gasteiger partial charge on any atom is 0.245 e. The molecule has 2 nitrogen and oxygen atoms in total. The molecule has 19 heavy (non-hydrogen) atoms. The minimum atomic E-state index is 0. The van der Waals surface area contributed by atoms with E-state index in [9.17, 15) is 0 Å². The monoisotopic (exact) mass is 316 g/mol. The molecule has 0 saturated carbocycles. The highest BCUT2D eigenvalue weighted by Crippen LogP contribution is 2.11. The van der Waals surface area contributed by atoms with E-state index in [4.69, 9.17) is 0 Å². The Balaban J connectivity index is 0.00000133. The highest BCUT2D eigenvalue weighted by molar-refractivity contribution is 5.71. The Morgan fingerprint density at radius 1 is 0.947 bits per heavy atom. The normalized spacial score (nSPS) is 10.4. The first kappa shape index (κ1) is 13.8. The Labute approximate surface area is 124 Å². The lowest BCUT2D eigenvalue weighted by atomic mass is 10.2. The fourth-order valence-electron chi connectivity index (χ4n) is 2.40. The first-order valence-corrected chi connectivity index (χ1v) is 6.39. The van der Waals surface area contributed by atoms with Gasteiger partial charge in [-0.1, -0.05) is 42.5 Å². The van der Waals surface area contributed by atoms with E-state index in [2.05, 4.69) is 77.0 Å². The van der Waals surface area contributed by atoms with Crippen LogP contribution in [0, 0.1) is 0 Å². The molecule has 1 aromatic heterocycles. The van der Waals surface area contributed by atoms with Gasteiger partial charge in [0.15, 0.2) is 11.0 Å². The smallest absolute Gasteiger partial charge is 0.245 e. The fraction of sp³-hybridized carbons (Fsp3) is 0.188. The predicted molar refractivity (Wildman–Crippen MR) is 73.4 cm³/mol. The second kappa shape index (κ2) is 6.02. The van der Waals surface area contributed by atoms with E-state index in [1.807, 2.05) is 0 Å². The Bertz CT molecular complexity index is 659. The number of benzene rings is 2. The van der Waals surface area contributed by atoms with Crippen molar-refractivity contribution in [2.75, 3.05) is 0 Å². The van der Waals surface area contributed by atoms with Crippen molar-refractivity contribution in [1.29, 1.82) is 0 Å². The van der Waals surface area contributed by atoms with E-state index in [-0.39, 0.29) is 17.0 Å². The molecule has 0 spiro atoms. The Kier molecular flexibility index (Phi) is 4.38. The van der Waals surface area contributed by atoms with Gasteiger partial charge in [0.25, 0.3) is 0 Å². The number of fused-ring (bicyclic) bond motifs is 1. The molecule has 0 unspecified atom stereocenters. The first-order valence-electron chi connectivity index (χ1n) is 6.39. The van der Waals surface area contributed by atoms with Crippen LogP contribution in [0.3, 0.4) is 0 Å². The molecule has 2 aromatic carbocycles. The van der Waals surface area contributed by atoms with Crippen LogP contribution in [0.5, 0.6) is 0 Å². The molecule has 0 radical (unpaired) electrons.